The van der Waals surface area contributed by atoms with Crippen molar-refractivity contribution in [2.75, 3.05) is 13.7 Å². The van der Waals surface area contributed by atoms with E-state index >= 15 is 0 Å². The second kappa shape index (κ2) is 10.2. The molecule has 7 atom stereocenters. The van der Waals surface area contributed by atoms with Crippen LogP contribution in [0.15, 0.2) is 12.3 Å². The van der Waals surface area contributed by atoms with Crippen LogP contribution in [0.1, 0.15) is 52.4 Å². The molecule has 0 bridgehead atoms. The van der Waals surface area contributed by atoms with Gasteiger partial charge in [-0.15, -0.1) is 0 Å². The Morgan fingerprint density at radius 1 is 1.28 bits per heavy atom. The maximum Gasteiger partial charge on any atom is 0.240 e. The molecule has 0 aromatic rings. The van der Waals surface area contributed by atoms with Crippen LogP contribution in [0.3, 0.4) is 0 Å². The van der Waals surface area contributed by atoms with Gasteiger partial charge in [0.05, 0.1) is 18.3 Å². The fourth-order valence-electron chi connectivity index (χ4n) is 4.94. The van der Waals surface area contributed by atoms with Crippen LogP contribution in [0.2, 0.25) is 0 Å². The smallest absolute Gasteiger partial charge is 0.240 e. The largest absolute Gasteiger partial charge is 0.387 e. The van der Waals surface area contributed by atoms with E-state index in [-0.39, 0.29) is 30.3 Å². The van der Waals surface area contributed by atoms with Gasteiger partial charge in [-0.3, -0.25) is 15.4 Å². The van der Waals surface area contributed by atoms with E-state index in [2.05, 4.69) is 27.8 Å². The third-order valence-electron chi connectivity index (χ3n) is 6.83. The zero-order valence-electron chi connectivity index (χ0n) is 17.9. The first-order valence-electron chi connectivity index (χ1n) is 11.1. The molecular formula is C21H38N4O4. The summed E-state index contributed by atoms with van der Waals surface area (Å²) in [5.41, 5.74) is 0. The van der Waals surface area contributed by atoms with Gasteiger partial charge >= 0.3 is 0 Å². The van der Waals surface area contributed by atoms with Gasteiger partial charge in [0, 0.05) is 26.1 Å². The van der Waals surface area contributed by atoms with E-state index in [9.17, 15) is 15.0 Å². The molecule has 0 aromatic heterocycles. The van der Waals surface area contributed by atoms with Crippen molar-refractivity contribution >= 4 is 5.91 Å². The lowest BCUT2D eigenvalue weighted by Gasteiger charge is -2.46. The molecule has 5 unspecified atom stereocenters. The lowest BCUT2D eigenvalue weighted by atomic mass is 9.84. The minimum atomic E-state index is -1.21. The van der Waals surface area contributed by atoms with Gasteiger partial charge in [0.1, 0.15) is 18.4 Å². The highest BCUT2D eigenvalue weighted by atomic mass is 16.5. The summed E-state index contributed by atoms with van der Waals surface area (Å²) in [4.78, 5) is 15.1. The van der Waals surface area contributed by atoms with E-state index in [1.165, 1.54) is 19.3 Å². The highest BCUT2D eigenvalue weighted by Gasteiger charge is 2.43. The summed E-state index contributed by atoms with van der Waals surface area (Å²) in [6, 6.07) is -0.819. The average molecular weight is 411 g/mol. The molecule has 0 spiro atoms. The van der Waals surface area contributed by atoms with Gasteiger partial charge in [-0.2, -0.15) is 0 Å². The van der Waals surface area contributed by atoms with Crippen LogP contribution in [-0.4, -0.2) is 77.4 Å². The Bertz CT molecular complexity index is 569. The van der Waals surface area contributed by atoms with E-state index in [4.69, 9.17) is 4.74 Å². The Morgan fingerprint density at radius 3 is 2.66 bits per heavy atom. The first-order chi connectivity index (χ1) is 13.9. The number of aliphatic hydroxyl groups is 2. The molecule has 8 nitrogen and oxygen atoms in total. The van der Waals surface area contributed by atoms with Gasteiger partial charge < -0.3 is 25.2 Å². The topological polar surface area (TPSA) is 106 Å². The van der Waals surface area contributed by atoms with Crippen molar-refractivity contribution in [3.05, 3.63) is 12.3 Å². The molecule has 0 aromatic carbocycles. The zero-order chi connectivity index (χ0) is 21.0. The number of hydrogen-bond donors (Lipinski definition) is 5. The van der Waals surface area contributed by atoms with Crippen molar-refractivity contribution in [2.24, 2.45) is 5.92 Å². The van der Waals surface area contributed by atoms with Crippen molar-refractivity contribution in [2.45, 2.75) is 95.1 Å². The van der Waals surface area contributed by atoms with Crippen LogP contribution in [0.5, 0.6) is 0 Å². The fraction of sp³-hybridized carbons (Fsp3) is 0.857. The Labute approximate surface area is 174 Å². The fourth-order valence-corrected chi connectivity index (χ4v) is 4.94. The maximum atomic E-state index is 13.0. The Kier molecular flexibility index (Phi) is 7.92. The standard InChI is InChI=1S/C21H38N4O4/c1-4-25-11-10-15(29-3)12-16(25)19-23-17(18(26)21(28)24-19)20(27)22-13(2)14-8-6-5-7-9-14/h10-11,13-19,21,23-24,26,28H,4-9,12H2,1-3H3,(H,22,27)/t13-,15?,16?,17+,18?,19?,21?/m1/s1. The number of methoxy groups -OCH3 is 1. The van der Waals surface area contributed by atoms with Crippen LogP contribution in [0.4, 0.5) is 0 Å². The number of hydrogen-bond acceptors (Lipinski definition) is 7. The van der Waals surface area contributed by atoms with E-state index in [1.807, 2.05) is 19.2 Å². The average Bonchev–Trinajstić information content (AvgIpc) is 2.75. The summed E-state index contributed by atoms with van der Waals surface area (Å²) in [5.74, 6) is 0.229. The number of likely N-dealkylation sites (N-methyl/N-ethyl adjacent to an activating group) is 1. The molecule has 1 saturated heterocycles. The van der Waals surface area contributed by atoms with Gasteiger partial charge in [0.15, 0.2) is 0 Å². The van der Waals surface area contributed by atoms with Crippen molar-refractivity contribution in [1.29, 1.82) is 0 Å². The van der Waals surface area contributed by atoms with Crippen molar-refractivity contribution in [1.82, 2.24) is 20.9 Å². The van der Waals surface area contributed by atoms with Gasteiger partial charge in [0.25, 0.3) is 0 Å². The summed E-state index contributed by atoms with van der Waals surface area (Å²) in [6.45, 7) is 4.91. The molecule has 2 aliphatic heterocycles. The van der Waals surface area contributed by atoms with E-state index in [0.29, 0.717) is 5.92 Å². The molecule has 1 aliphatic carbocycles. The number of aliphatic hydroxyl groups excluding tert-OH is 2. The lowest BCUT2D eigenvalue weighted by Crippen LogP contribution is -2.74. The molecule has 8 heteroatoms. The van der Waals surface area contributed by atoms with Gasteiger partial charge in [0.2, 0.25) is 5.91 Å². The van der Waals surface area contributed by atoms with Crippen LogP contribution < -0.4 is 16.0 Å². The Morgan fingerprint density at radius 2 is 2.00 bits per heavy atom. The van der Waals surface area contributed by atoms with E-state index < -0.39 is 18.4 Å². The first kappa shape index (κ1) is 22.5. The molecule has 0 radical (unpaired) electrons. The minimum Gasteiger partial charge on any atom is -0.387 e. The molecule has 3 rings (SSSR count). The third-order valence-corrected chi connectivity index (χ3v) is 6.83. The quantitative estimate of drug-likeness (QED) is 0.428. The lowest BCUT2D eigenvalue weighted by molar-refractivity contribution is -0.136. The monoisotopic (exact) mass is 410 g/mol. The minimum absolute atomic E-state index is 0.0110. The Balaban J connectivity index is 1.66. The molecule has 5 N–H and O–H groups in total. The van der Waals surface area contributed by atoms with Crippen molar-refractivity contribution in [3.8, 4) is 0 Å². The molecule has 1 amide bonds. The van der Waals surface area contributed by atoms with E-state index in [1.54, 1.807) is 7.11 Å². The first-order valence-corrected chi connectivity index (χ1v) is 11.1. The second-order valence-electron chi connectivity index (χ2n) is 8.67. The number of rotatable bonds is 6. The Hall–Kier alpha value is -1.19. The summed E-state index contributed by atoms with van der Waals surface area (Å²) in [5, 5.41) is 30.3. The van der Waals surface area contributed by atoms with Gasteiger partial charge in [-0.05, 0) is 44.9 Å². The zero-order valence-corrected chi connectivity index (χ0v) is 17.9. The summed E-state index contributed by atoms with van der Waals surface area (Å²) >= 11 is 0. The number of ether oxygens (including phenoxy) is 1. The summed E-state index contributed by atoms with van der Waals surface area (Å²) in [7, 11) is 1.68. The number of nitrogens with zero attached hydrogens (tertiary/aromatic N) is 1. The molecule has 1 saturated carbocycles. The number of carbonyl (C=O) groups excluding carboxylic acids is 1. The van der Waals surface area contributed by atoms with Crippen LogP contribution in [-0.2, 0) is 9.53 Å². The van der Waals surface area contributed by atoms with Gasteiger partial charge in [-0.1, -0.05) is 19.3 Å². The summed E-state index contributed by atoms with van der Waals surface area (Å²) < 4.78 is 5.49. The van der Waals surface area contributed by atoms with Crippen LogP contribution >= 0.6 is 0 Å². The molecular weight excluding hydrogens is 372 g/mol. The molecule has 2 fully saturated rings. The van der Waals surface area contributed by atoms with Gasteiger partial charge in [-0.25, -0.2) is 0 Å². The SMILES string of the molecule is CCN1C=CC(OC)CC1C1NC(O)C(O)[C@@H](C(=O)N[C@H](C)C2CCCCC2)N1. The molecule has 166 valence electrons. The molecule has 3 aliphatic rings. The number of nitrogens with one attached hydrogen (secondary N) is 3. The third kappa shape index (κ3) is 5.30. The van der Waals surface area contributed by atoms with Crippen LogP contribution in [0, 0.1) is 5.92 Å². The predicted octanol–water partition coefficient (Wildman–Crippen LogP) is 0.261. The molecule has 2 heterocycles. The predicted molar refractivity (Wildman–Crippen MR) is 111 cm³/mol. The summed E-state index contributed by atoms with van der Waals surface area (Å²) in [6.07, 6.45) is 7.95. The highest BCUT2D eigenvalue weighted by Crippen LogP contribution is 2.27. The van der Waals surface area contributed by atoms with Crippen molar-refractivity contribution < 1.29 is 19.7 Å². The van der Waals surface area contributed by atoms with Crippen LogP contribution in [0.25, 0.3) is 0 Å². The molecule has 29 heavy (non-hydrogen) atoms. The van der Waals surface area contributed by atoms with Crippen molar-refractivity contribution in [3.63, 3.8) is 0 Å². The number of amides is 1. The van der Waals surface area contributed by atoms with E-state index in [0.717, 1.165) is 25.8 Å². The second-order valence-corrected chi connectivity index (χ2v) is 8.67. The highest BCUT2D eigenvalue weighted by molar-refractivity contribution is 5.83. The normalized spacial score (nSPS) is 37.3. The maximum absolute atomic E-state index is 13.0. The number of carbonyl (C=O) groups is 1.